The monoisotopic (exact) mass is 247 g/mol. The van der Waals surface area contributed by atoms with E-state index in [9.17, 15) is 0 Å². The highest BCUT2D eigenvalue weighted by molar-refractivity contribution is 7.16. The van der Waals surface area contributed by atoms with Crippen LogP contribution in [0, 0.1) is 6.92 Å². The van der Waals surface area contributed by atoms with Crippen molar-refractivity contribution >= 4 is 22.0 Å². The zero-order valence-electron chi connectivity index (χ0n) is 9.69. The smallest absolute Gasteiger partial charge is 0.160 e. The first-order chi connectivity index (χ1) is 8.20. The van der Waals surface area contributed by atoms with Crippen LogP contribution in [0.15, 0.2) is 11.7 Å². The first-order valence-corrected chi connectivity index (χ1v) is 6.34. The summed E-state index contributed by atoms with van der Waals surface area (Å²) in [5, 5.41) is 2.07. The van der Waals surface area contributed by atoms with Gasteiger partial charge in [-0.25, -0.2) is 9.97 Å². The first kappa shape index (κ1) is 10.3. The predicted octanol–water partition coefficient (Wildman–Crippen LogP) is 2.24. The maximum Gasteiger partial charge on any atom is 0.160 e. The van der Waals surface area contributed by atoms with Crippen LogP contribution in [0.5, 0.6) is 0 Å². The number of thiazole rings is 1. The molecule has 0 radical (unpaired) electrons. The summed E-state index contributed by atoms with van der Waals surface area (Å²) < 4.78 is 1.99. The van der Waals surface area contributed by atoms with Gasteiger partial charge in [-0.05, 0) is 6.92 Å². The summed E-state index contributed by atoms with van der Waals surface area (Å²) in [5.74, 6) is 1.58. The number of nitrogens with two attached hydrogens (primary N) is 1. The van der Waals surface area contributed by atoms with E-state index in [2.05, 4.69) is 27.3 Å². The number of imidazole rings is 2. The summed E-state index contributed by atoms with van der Waals surface area (Å²) in [6.07, 6.45) is 2.65. The molecule has 0 aliphatic carbocycles. The minimum Gasteiger partial charge on any atom is -0.381 e. The second-order valence-electron chi connectivity index (χ2n) is 3.94. The molecule has 0 aliphatic heterocycles. The van der Waals surface area contributed by atoms with E-state index >= 15 is 0 Å². The van der Waals surface area contributed by atoms with E-state index in [4.69, 9.17) is 5.73 Å². The third-order valence-electron chi connectivity index (χ3n) is 2.80. The molecule has 5 nitrogen and oxygen atoms in total. The van der Waals surface area contributed by atoms with Crippen molar-refractivity contribution in [2.24, 2.45) is 0 Å². The highest BCUT2D eigenvalue weighted by Crippen LogP contribution is 2.29. The Morgan fingerprint density at radius 3 is 3.06 bits per heavy atom. The summed E-state index contributed by atoms with van der Waals surface area (Å²) in [7, 11) is 0. The van der Waals surface area contributed by atoms with E-state index in [0.29, 0.717) is 5.82 Å². The zero-order valence-corrected chi connectivity index (χ0v) is 10.5. The van der Waals surface area contributed by atoms with Crippen molar-refractivity contribution in [1.29, 1.82) is 0 Å². The lowest BCUT2D eigenvalue weighted by Crippen LogP contribution is -1.87. The number of H-pyrrole nitrogens is 1. The molecule has 0 saturated carbocycles. The van der Waals surface area contributed by atoms with Gasteiger partial charge in [-0.2, -0.15) is 0 Å². The second-order valence-corrected chi connectivity index (χ2v) is 4.79. The van der Waals surface area contributed by atoms with Gasteiger partial charge >= 0.3 is 0 Å². The number of nitrogens with one attached hydrogen (secondary N) is 1. The lowest BCUT2D eigenvalue weighted by atomic mass is 10.3. The number of nitrogens with zero attached hydrogens (tertiary/aromatic N) is 3. The van der Waals surface area contributed by atoms with Gasteiger partial charge in [0.05, 0.1) is 5.69 Å². The molecular weight excluding hydrogens is 234 g/mol. The van der Waals surface area contributed by atoms with Gasteiger partial charge in [-0.1, -0.05) is 6.92 Å². The molecule has 0 atom stereocenters. The molecule has 0 bridgehead atoms. The molecule has 0 amide bonds. The van der Waals surface area contributed by atoms with E-state index in [-0.39, 0.29) is 0 Å². The fraction of sp³-hybridized carbons (Fsp3) is 0.273. The maximum atomic E-state index is 5.79. The second kappa shape index (κ2) is 3.59. The summed E-state index contributed by atoms with van der Waals surface area (Å²) in [5.41, 5.74) is 8.89. The number of hydrogen-bond donors (Lipinski definition) is 2. The Hall–Kier alpha value is -1.82. The number of hydrogen-bond acceptors (Lipinski definition) is 4. The minimum absolute atomic E-state index is 0.574. The Balaban J connectivity index is 2.23. The molecular formula is C11H13N5S. The molecule has 88 valence electrons. The Bertz CT molecular complexity index is 675. The molecule has 17 heavy (non-hydrogen) atoms. The van der Waals surface area contributed by atoms with Gasteiger partial charge in [0.25, 0.3) is 0 Å². The number of anilines is 1. The molecule has 0 fully saturated rings. The maximum absolute atomic E-state index is 5.79. The van der Waals surface area contributed by atoms with Gasteiger partial charge in [0.15, 0.2) is 5.82 Å². The SMILES string of the molecule is CCc1nc(-c2csc3c(N)ncn23)c(C)[nH]1. The average molecular weight is 247 g/mol. The molecule has 0 saturated heterocycles. The fourth-order valence-electron chi connectivity index (χ4n) is 1.92. The normalized spacial score (nSPS) is 11.4. The third kappa shape index (κ3) is 1.44. The van der Waals surface area contributed by atoms with E-state index < -0.39 is 0 Å². The molecule has 0 unspecified atom stereocenters. The van der Waals surface area contributed by atoms with Crippen LogP contribution in [0.4, 0.5) is 5.82 Å². The molecule has 6 heteroatoms. The van der Waals surface area contributed by atoms with Crippen LogP contribution in [0.1, 0.15) is 18.4 Å². The highest BCUT2D eigenvalue weighted by Gasteiger charge is 2.14. The van der Waals surface area contributed by atoms with E-state index in [0.717, 1.165) is 34.2 Å². The van der Waals surface area contributed by atoms with Crippen molar-refractivity contribution in [3.8, 4) is 11.4 Å². The van der Waals surface area contributed by atoms with Crippen molar-refractivity contribution in [3.05, 3.63) is 23.2 Å². The minimum atomic E-state index is 0.574. The van der Waals surface area contributed by atoms with Gasteiger partial charge in [0, 0.05) is 17.5 Å². The number of nitrogen functional groups attached to an aromatic ring is 1. The number of aromatic nitrogens is 4. The van der Waals surface area contributed by atoms with Crippen LogP contribution in [-0.2, 0) is 6.42 Å². The van der Waals surface area contributed by atoms with Crippen molar-refractivity contribution in [1.82, 2.24) is 19.4 Å². The van der Waals surface area contributed by atoms with Crippen LogP contribution in [-0.4, -0.2) is 19.4 Å². The summed E-state index contributed by atoms with van der Waals surface area (Å²) in [6.45, 7) is 4.12. The van der Waals surface area contributed by atoms with Gasteiger partial charge in [0.1, 0.15) is 22.7 Å². The van der Waals surface area contributed by atoms with E-state index in [1.807, 2.05) is 11.3 Å². The van der Waals surface area contributed by atoms with E-state index in [1.165, 1.54) is 0 Å². The van der Waals surface area contributed by atoms with Gasteiger partial charge in [-0.15, -0.1) is 11.3 Å². The lowest BCUT2D eigenvalue weighted by molar-refractivity contribution is 0.982. The number of rotatable bonds is 2. The van der Waals surface area contributed by atoms with Crippen LogP contribution in [0.25, 0.3) is 16.2 Å². The molecule has 0 spiro atoms. The molecule has 0 aromatic carbocycles. The Morgan fingerprint density at radius 2 is 2.35 bits per heavy atom. The third-order valence-corrected chi connectivity index (χ3v) is 3.77. The quantitative estimate of drug-likeness (QED) is 0.729. The summed E-state index contributed by atoms with van der Waals surface area (Å²) >= 11 is 1.59. The zero-order chi connectivity index (χ0) is 12.0. The predicted molar refractivity (Wildman–Crippen MR) is 69.2 cm³/mol. The average Bonchev–Trinajstić information content (AvgIpc) is 2.96. The van der Waals surface area contributed by atoms with Crippen LogP contribution in [0.3, 0.4) is 0 Å². The summed E-state index contributed by atoms with van der Waals surface area (Å²) in [4.78, 5) is 13.0. The molecule has 3 aromatic heterocycles. The topological polar surface area (TPSA) is 72.0 Å². The summed E-state index contributed by atoms with van der Waals surface area (Å²) in [6, 6.07) is 0. The van der Waals surface area contributed by atoms with E-state index in [1.54, 1.807) is 17.7 Å². The van der Waals surface area contributed by atoms with Gasteiger partial charge < -0.3 is 10.7 Å². The highest BCUT2D eigenvalue weighted by atomic mass is 32.1. The number of aromatic amines is 1. The first-order valence-electron chi connectivity index (χ1n) is 5.46. The Kier molecular flexibility index (Phi) is 2.19. The van der Waals surface area contributed by atoms with Crippen molar-refractivity contribution in [2.75, 3.05) is 5.73 Å². The number of aryl methyl sites for hydroxylation is 2. The van der Waals surface area contributed by atoms with Gasteiger partial charge in [0.2, 0.25) is 0 Å². The van der Waals surface area contributed by atoms with Crippen molar-refractivity contribution in [2.45, 2.75) is 20.3 Å². The van der Waals surface area contributed by atoms with Gasteiger partial charge in [-0.3, -0.25) is 4.40 Å². The molecule has 3 N–H and O–H groups in total. The molecule has 3 heterocycles. The molecule has 0 aliphatic rings. The number of fused-ring (bicyclic) bond motifs is 1. The lowest BCUT2D eigenvalue weighted by Gasteiger charge is -1.95. The van der Waals surface area contributed by atoms with Crippen molar-refractivity contribution in [3.63, 3.8) is 0 Å². The van der Waals surface area contributed by atoms with Crippen LogP contribution >= 0.6 is 11.3 Å². The standard InChI is InChI=1S/C11H13N5S/c1-3-8-14-6(2)9(15-8)7-4-17-11-10(12)13-5-16(7)11/h4-5H,3,12H2,1-2H3,(H,14,15). The van der Waals surface area contributed by atoms with Crippen LogP contribution < -0.4 is 5.73 Å². The largest absolute Gasteiger partial charge is 0.381 e. The molecule has 3 aromatic rings. The van der Waals surface area contributed by atoms with Crippen molar-refractivity contribution < 1.29 is 0 Å². The fourth-order valence-corrected chi connectivity index (χ4v) is 2.80. The van der Waals surface area contributed by atoms with Crippen LogP contribution in [0.2, 0.25) is 0 Å². The Labute approximate surface area is 102 Å². The molecule has 3 rings (SSSR count). The Morgan fingerprint density at radius 1 is 1.53 bits per heavy atom.